The van der Waals surface area contributed by atoms with Gasteiger partial charge in [-0.1, -0.05) is 0 Å². The predicted molar refractivity (Wildman–Crippen MR) is 92.2 cm³/mol. The maximum atomic E-state index is 12.5. The Labute approximate surface area is 146 Å². The number of aryl methyl sites for hydroxylation is 3. The van der Waals surface area contributed by atoms with Crippen molar-refractivity contribution in [2.75, 3.05) is 7.05 Å². The monoisotopic (exact) mass is 348 g/mol. The molecule has 0 unspecified atom stereocenters. The average molecular weight is 348 g/mol. The van der Waals surface area contributed by atoms with Crippen molar-refractivity contribution in [2.45, 2.75) is 54.3 Å². The molecule has 0 bridgehead atoms. The number of nitro groups is 1. The van der Waals surface area contributed by atoms with Gasteiger partial charge in [-0.15, -0.1) is 0 Å². The van der Waals surface area contributed by atoms with Gasteiger partial charge in [0.05, 0.1) is 10.6 Å². The van der Waals surface area contributed by atoms with Crippen molar-refractivity contribution in [1.29, 1.82) is 0 Å². The molecule has 0 radical (unpaired) electrons. The topological polar surface area (TPSA) is 99.1 Å². The lowest BCUT2D eigenvalue weighted by atomic mass is 10.2. The van der Waals surface area contributed by atoms with Crippen molar-refractivity contribution in [3.63, 3.8) is 0 Å². The van der Waals surface area contributed by atoms with Crippen LogP contribution in [0.15, 0.2) is 0 Å². The first-order valence-corrected chi connectivity index (χ1v) is 8.12. The van der Waals surface area contributed by atoms with Crippen molar-refractivity contribution < 1.29 is 9.72 Å². The second-order valence-corrected chi connectivity index (χ2v) is 6.15. The molecule has 0 saturated heterocycles. The van der Waals surface area contributed by atoms with Crippen molar-refractivity contribution in [1.82, 2.24) is 24.5 Å². The number of carbonyl (C=O) groups is 1. The third-order valence-electron chi connectivity index (χ3n) is 4.46. The zero-order chi connectivity index (χ0) is 18.9. The van der Waals surface area contributed by atoms with Crippen LogP contribution >= 0.6 is 0 Å². The van der Waals surface area contributed by atoms with Gasteiger partial charge >= 0.3 is 5.69 Å². The highest BCUT2D eigenvalue weighted by Crippen LogP contribution is 2.22. The van der Waals surface area contributed by atoms with E-state index in [9.17, 15) is 14.9 Å². The third kappa shape index (κ3) is 3.54. The van der Waals surface area contributed by atoms with Gasteiger partial charge in [0.15, 0.2) is 0 Å². The molecule has 9 heteroatoms. The summed E-state index contributed by atoms with van der Waals surface area (Å²) in [5.74, 6) is -0.163. The molecule has 0 aliphatic carbocycles. The lowest BCUT2D eigenvalue weighted by molar-refractivity contribution is -0.386. The third-order valence-corrected chi connectivity index (χ3v) is 4.46. The SMILES string of the molecule is CCn1nc(C)c(CN(C)C(=O)Cn2nc(C)c([N+](=O)[O-])c2C)c1C. The van der Waals surface area contributed by atoms with Crippen molar-refractivity contribution in [3.8, 4) is 0 Å². The first-order valence-electron chi connectivity index (χ1n) is 8.12. The minimum Gasteiger partial charge on any atom is -0.340 e. The van der Waals surface area contributed by atoms with Crippen molar-refractivity contribution >= 4 is 11.6 Å². The molecule has 25 heavy (non-hydrogen) atoms. The number of nitrogens with zero attached hydrogens (tertiary/aromatic N) is 6. The Morgan fingerprint density at radius 3 is 2.20 bits per heavy atom. The van der Waals surface area contributed by atoms with E-state index >= 15 is 0 Å². The van der Waals surface area contributed by atoms with Crippen LogP contribution in [0.1, 0.15) is 35.3 Å². The van der Waals surface area contributed by atoms with Gasteiger partial charge < -0.3 is 4.90 Å². The average Bonchev–Trinajstić information content (AvgIpc) is 2.96. The molecule has 0 atom stereocenters. The van der Waals surface area contributed by atoms with Gasteiger partial charge in [-0.25, -0.2) is 0 Å². The molecule has 9 nitrogen and oxygen atoms in total. The largest absolute Gasteiger partial charge is 0.340 e. The molecule has 0 saturated carbocycles. The zero-order valence-corrected chi connectivity index (χ0v) is 15.5. The smallest absolute Gasteiger partial charge is 0.312 e. The number of likely N-dealkylation sites (N-methyl/N-ethyl adjacent to an activating group) is 1. The fourth-order valence-electron chi connectivity index (χ4n) is 2.95. The van der Waals surface area contributed by atoms with Crippen LogP contribution < -0.4 is 0 Å². The lowest BCUT2D eigenvalue weighted by Gasteiger charge is -2.18. The van der Waals surface area contributed by atoms with Gasteiger partial charge in [0.25, 0.3) is 0 Å². The second kappa shape index (κ2) is 7.04. The molecule has 0 N–H and O–H groups in total. The summed E-state index contributed by atoms with van der Waals surface area (Å²) in [4.78, 5) is 24.7. The Kier molecular flexibility index (Phi) is 5.24. The number of amides is 1. The van der Waals surface area contributed by atoms with E-state index in [2.05, 4.69) is 10.2 Å². The summed E-state index contributed by atoms with van der Waals surface area (Å²) in [6.07, 6.45) is 0. The summed E-state index contributed by atoms with van der Waals surface area (Å²) in [6.45, 7) is 10.3. The minimum absolute atomic E-state index is 0.0307. The van der Waals surface area contributed by atoms with Crippen molar-refractivity contribution in [3.05, 3.63) is 38.5 Å². The highest BCUT2D eigenvalue weighted by Gasteiger charge is 2.24. The summed E-state index contributed by atoms with van der Waals surface area (Å²) < 4.78 is 3.30. The van der Waals surface area contributed by atoms with E-state index in [4.69, 9.17) is 0 Å². The lowest BCUT2D eigenvalue weighted by Crippen LogP contribution is -2.30. The van der Waals surface area contributed by atoms with Gasteiger partial charge in [0, 0.05) is 31.4 Å². The van der Waals surface area contributed by atoms with Crippen LogP contribution in [0.4, 0.5) is 5.69 Å². The van der Waals surface area contributed by atoms with E-state index in [1.807, 2.05) is 25.5 Å². The first kappa shape index (κ1) is 18.6. The van der Waals surface area contributed by atoms with Crippen LogP contribution in [0.25, 0.3) is 0 Å². The zero-order valence-electron chi connectivity index (χ0n) is 15.5. The molecule has 2 aromatic rings. The normalized spacial score (nSPS) is 11.0. The standard InChI is InChI=1S/C16H24N6O3/c1-7-20-12(4)14(10(2)17-20)8-19(6)15(23)9-21-13(5)16(22(24)25)11(3)18-21/h7-9H2,1-6H3. The van der Waals surface area contributed by atoms with Gasteiger partial charge in [0.1, 0.15) is 17.9 Å². The molecule has 2 aromatic heterocycles. The summed E-state index contributed by atoms with van der Waals surface area (Å²) in [6, 6.07) is 0. The summed E-state index contributed by atoms with van der Waals surface area (Å²) >= 11 is 0. The quantitative estimate of drug-likeness (QED) is 0.586. The summed E-state index contributed by atoms with van der Waals surface area (Å²) in [5.41, 5.74) is 3.63. The Balaban J connectivity index is 2.15. The molecular weight excluding hydrogens is 324 g/mol. The van der Waals surface area contributed by atoms with Crippen molar-refractivity contribution in [2.24, 2.45) is 0 Å². The molecule has 2 heterocycles. The van der Waals surface area contributed by atoms with Gasteiger partial charge in [-0.3, -0.25) is 24.3 Å². The fraction of sp³-hybridized carbons (Fsp3) is 0.562. The second-order valence-electron chi connectivity index (χ2n) is 6.15. The molecule has 0 spiro atoms. The molecule has 0 aliphatic rings. The van der Waals surface area contributed by atoms with E-state index in [0.29, 0.717) is 17.9 Å². The summed E-state index contributed by atoms with van der Waals surface area (Å²) in [5, 5.41) is 19.7. The first-order chi connectivity index (χ1) is 11.7. The van der Waals surface area contributed by atoms with Gasteiger partial charge in [0.2, 0.25) is 5.91 Å². The van der Waals surface area contributed by atoms with Crippen LogP contribution in [-0.4, -0.2) is 42.3 Å². The molecule has 2 rings (SSSR count). The molecule has 0 aliphatic heterocycles. The minimum atomic E-state index is -0.464. The van der Waals surface area contributed by atoms with Crippen LogP contribution in [-0.2, 0) is 24.4 Å². The highest BCUT2D eigenvalue weighted by atomic mass is 16.6. The Morgan fingerprint density at radius 1 is 1.12 bits per heavy atom. The molecular formula is C16H24N6O3. The van der Waals surface area contributed by atoms with E-state index < -0.39 is 4.92 Å². The summed E-state index contributed by atoms with van der Waals surface area (Å²) in [7, 11) is 1.71. The molecule has 0 fully saturated rings. The highest BCUT2D eigenvalue weighted by molar-refractivity contribution is 5.76. The van der Waals surface area contributed by atoms with E-state index in [0.717, 1.165) is 23.5 Å². The number of rotatable bonds is 6. The number of hydrogen-bond donors (Lipinski definition) is 0. The molecule has 0 aromatic carbocycles. The van der Waals surface area contributed by atoms with Crippen LogP contribution in [0, 0.1) is 37.8 Å². The van der Waals surface area contributed by atoms with E-state index in [-0.39, 0.29) is 18.1 Å². The van der Waals surface area contributed by atoms with E-state index in [1.54, 1.807) is 25.8 Å². The Hall–Kier alpha value is -2.71. The van der Waals surface area contributed by atoms with Crippen LogP contribution in [0.2, 0.25) is 0 Å². The maximum absolute atomic E-state index is 12.5. The number of aromatic nitrogens is 4. The Bertz CT molecular complexity index is 820. The number of hydrogen-bond acceptors (Lipinski definition) is 5. The van der Waals surface area contributed by atoms with Gasteiger partial charge in [-0.2, -0.15) is 10.2 Å². The van der Waals surface area contributed by atoms with Crippen LogP contribution in [0.5, 0.6) is 0 Å². The predicted octanol–water partition coefficient (Wildman–Crippen LogP) is 1.90. The fourth-order valence-corrected chi connectivity index (χ4v) is 2.95. The van der Waals surface area contributed by atoms with Gasteiger partial charge in [-0.05, 0) is 34.6 Å². The molecule has 1 amide bonds. The van der Waals surface area contributed by atoms with E-state index in [1.165, 1.54) is 4.68 Å². The van der Waals surface area contributed by atoms with Crippen LogP contribution in [0.3, 0.4) is 0 Å². The molecule has 136 valence electrons. The number of carbonyl (C=O) groups excluding carboxylic acids is 1. The maximum Gasteiger partial charge on any atom is 0.312 e. The Morgan fingerprint density at radius 2 is 1.72 bits per heavy atom.